The third-order valence-electron chi connectivity index (χ3n) is 2.12. The SMILES string of the molecule is CNc1nc(-c2cc(Br)c(Cl)s2)nc(C)c1Br. The lowest BCUT2D eigenvalue weighted by Gasteiger charge is -2.07. The molecule has 1 N–H and O–H groups in total. The summed E-state index contributed by atoms with van der Waals surface area (Å²) in [5, 5.41) is 3.03. The molecule has 0 unspecified atom stereocenters. The highest BCUT2D eigenvalue weighted by molar-refractivity contribution is 9.11. The van der Waals surface area contributed by atoms with E-state index in [4.69, 9.17) is 11.6 Å². The molecule has 0 radical (unpaired) electrons. The topological polar surface area (TPSA) is 37.8 Å². The van der Waals surface area contributed by atoms with Crippen LogP contribution in [-0.4, -0.2) is 17.0 Å². The molecule has 7 heteroatoms. The Morgan fingerprint density at radius 3 is 2.59 bits per heavy atom. The molecule has 0 aliphatic rings. The molecule has 90 valence electrons. The molecule has 2 aromatic rings. The van der Waals surface area contributed by atoms with E-state index < -0.39 is 0 Å². The molecule has 0 aromatic carbocycles. The summed E-state index contributed by atoms with van der Waals surface area (Å²) in [7, 11) is 1.83. The van der Waals surface area contributed by atoms with Gasteiger partial charge in [-0.25, -0.2) is 9.97 Å². The number of hydrogen-bond acceptors (Lipinski definition) is 4. The van der Waals surface area contributed by atoms with Gasteiger partial charge in [0.25, 0.3) is 0 Å². The van der Waals surface area contributed by atoms with E-state index in [9.17, 15) is 0 Å². The van der Waals surface area contributed by atoms with Crippen molar-refractivity contribution in [3.63, 3.8) is 0 Å². The summed E-state index contributed by atoms with van der Waals surface area (Å²) in [4.78, 5) is 9.82. The predicted octanol–water partition coefficient (Wildman–Crippen LogP) is 4.73. The second kappa shape index (κ2) is 5.22. The Morgan fingerprint density at radius 2 is 2.06 bits per heavy atom. The summed E-state index contributed by atoms with van der Waals surface area (Å²) < 4.78 is 2.45. The van der Waals surface area contributed by atoms with Crippen LogP contribution in [0.3, 0.4) is 0 Å². The first-order valence-electron chi connectivity index (χ1n) is 4.70. The monoisotopic (exact) mass is 395 g/mol. The van der Waals surface area contributed by atoms with Gasteiger partial charge in [-0.05, 0) is 44.8 Å². The molecule has 2 aromatic heterocycles. The average Bonchev–Trinajstić information content (AvgIpc) is 2.63. The van der Waals surface area contributed by atoms with Gasteiger partial charge in [0.15, 0.2) is 5.82 Å². The summed E-state index contributed by atoms with van der Waals surface area (Å²) in [6.45, 7) is 1.93. The van der Waals surface area contributed by atoms with Crippen LogP contribution in [0, 0.1) is 6.92 Å². The summed E-state index contributed by atoms with van der Waals surface area (Å²) in [6, 6.07) is 1.93. The molecule has 0 spiro atoms. The number of nitrogens with zero attached hydrogens (tertiary/aromatic N) is 2. The Bertz CT molecular complexity index is 551. The Morgan fingerprint density at radius 1 is 1.35 bits per heavy atom. The zero-order valence-corrected chi connectivity index (χ0v) is 13.8. The van der Waals surface area contributed by atoms with Crippen molar-refractivity contribution in [2.75, 3.05) is 12.4 Å². The van der Waals surface area contributed by atoms with Gasteiger partial charge < -0.3 is 5.32 Å². The molecule has 0 atom stereocenters. The fourth-order valence-electron chi connectivity index (χ4n) is 1.29. The first-order valence-corrected chi connectivity index (χ1v) is 7.48. The van der Waals surface area contributed by atoms with Crippen LogP contribution >= 0.6 is 54.8 Å². The quantitative estimate of drug-likeness (QED) is 0.796. The second-order valence-electron chi connectivity index (χ2n) is 3.28. The summed E-state index contributed by atoms with van der Waals surface area (Å²) in [5.41, 5.74) is 0.889. The number of hydrogen-bond donors (Lipinski definition) is 1. The lowest BCUT2D eigenvalue weighted by molar-refractivity contribution is 1.10. The zero-order valence-electron chi connectivity index (χ0n) is 9.01. The van der Waals surface area contributed by atoms with E-state index >= 15 is 0 Å². The first-order chi connectivity index (χ1) is 8.02. The zero-order chi connectivity index (χ0) is 12.6. The lowest BCUT2D eigenvalue weighted by atomic mass is 10.3. The molecule has 0 fully saturated rings. The van der Waals surface area contributed by atoms with Crippen molar-refractivity contribution in [2.24, 2.45) is 0 Å². The molecule has 2 rings (SSSR count). The van der Waals surface area contributed by atoms with E-state index in [0.717, 1.165) is 25.3 Å². The highest BCUT2D eigenvalue weighted by Crippen LogP contribution is 2.37. The standard InChI is InChI=1S/C10H8Br2ClN3S/c1-4-7(12)10(14-2)16-9(15-4)6-3-5(11)8(13)17-6/h3H,1-2H3,(H,14,15,16). The maximum atomic E-state index is 6.02. The van der Waals surface area contributed by atoms with Crippen molar-refractivity contribution in [3.8, 4) is 10.7 Å². The van der Waals surface area contributed by atoms with Crippen molar-refractivity contribution < 1.29 is 0 Å². The smallest absolute Gasteiger partial charge is 0.172 e. The van der Waals surface area contributed by atoms with Crippen LogP contribution in [0.4, 0.5) is 5.82 Å². The Labute approximate surface area is 125 Å². The molecular weight excluding hydrogens is 389 g/mol. The van der Waals surface area contributed by atoms with Gasteiger partial charge in [0, 0.05) is 11.5 Å². The highest BCUT2D eigenvalue weighted by Gasteiger charge is 2.13. The molecule has 2 heterocycles. The third-order valence-corrected chi connectivity index (χ3v) is 5.54. The highest BCUT2D eigenvalue weighted by atomic mass is 79.9. The van der Waals surface area contributed by atoms with Crippen LogP contribution in [0.25, 0.3) is 10.7 Å². The molecule has 0 aliphatic heterocycles. The Balaban J connectivity index is 2.56. The first kappa shape index (κ1) is 13.3. The van der Waals surface area contributed by atoms with Crippen molar-refractivity contribution in [1.82, 2.24) is 9.97 Å². The van der Waals surface area contributed by atoms with Crippen molar-refractivity contribution in [3.05, 3.63) is 25.0 Å². The largest absolute Gasteiger partial charge is 0.372 e. The number of halogens is 3. The van der Waals surface area contributed by atoms with Gasteiger partial charge in [0.05, 0.1) is 15.0 Å². The third kappa shape index (κ3) is 2.65. The van der Waals surface area contributed by atoms with Gasteiger partial charge in [0.1, 0.15) is 10.2 Å². The molecular formula is C10H8Br2ClN3S. The summed E-state index contributed by atoms with van der Waals surface area (Å²) in [5.74, 6) is 1.45. The van der Waals surface area contributed by atoms with Crippen molar-refractivity contribution >= 4 is 60.6 Å². The molecule has 17 heavy (non-hydrogen) atoms. The van der Waals surface area contributed by atoms with Crippen molar-refractivity contribution in [2.45, 2.75) is 6.92 Å². The molecule has 0 bridgehead atoms. The number of rotatable bonds is 2. The molecule has 0 saturated heterocycles. The van der Waals surface area contributed by atoms with Gasteiger partial charge >= 0.3 is 0 Å². The Hall–Kier alpha value is -0.170. The van der Waals surface area contributed by atoms with Gasteiger partial charge in [-0.1, -0.05) is 11.6 Å². The number of nitrogens with one attached hydrogen (secondary N) is 1. The summed E-state index contributed by atoms with van der Waals surface area (Å²) in [6.07, 6.45) is 0. The number of thiophene rings is 1. The van der Waals surface area contributed by atoms with Crippen molar-refractivity contribution in [1.29, 1.82) is 0 Å². The van der Waals surface area contributed by atoms with Gasteiger partial charge in [-0.15, -0.1) is 11.3 Å². The van der Waals surface area contributed by atoms with Gasteiger partial charge in [-0.2, -0.15) is 0 Å². The molecule has 0 saturated carbocycles. The maximum absolute atomic E-state index is 6.02. The summed E-state index contributed by atoms with van der Waals surface area (Å²) >= 11 is 14.3. The van der Waals surface area contributed by atoms with Gasteiger partial charge in [0.2, 0.25) is 0 Å². The fourth-order valence-corrected chi connectivity index (χ4v) is 3.30. The van der Waals surface area contributed by atoms with E-state index in [-0.39, 0.29) is 0 Å². The van der Waals surface area contributed by atoms with Crippen LogP contribution in [0.1, 0.15) is 5.69 Å². The normalized spacial score (nSPS) is 10.6. The van der Waals surface area contributed by atoms with E-state index in [1.165, 1.54) is 11.3 Å². The lowest BCUT2D eigenvalue weighted by Crippen LogP contribution is -1.99. The fraction of sp³-hybridized carbons (Fsp3) is 0.200. The molecule has 0 aliphatic carbocycles. The van der Waals surface area contributed by atoms with E-state index in [1.54, 1.807) is 0 Å². The predicted molar refractivity (Wildman–Crippen MR) is 80.0 cm³/mol. The number of aryl methyl sites for hydroxylation is 1. The maximum Gasteiger partial charge on any atom is 0.172 e. The van der Waals surface area contributed by atoms with E-state index in [1.807, 2.05) is 20.0 Å². The van der Waals surface area contributed by atoms with Crippen LogP contribution in [0.15, 0.2) is 15.0 Å². The van der Waals surface area contributed by atoms with Crippen LogP contribution in [-0.2, 0) is 0 Å². The van der Waals surface area contributed by atoms with E-state index in [2.05, 4.69) is 47.1 Å². The van der Waals surface area contributed by atoms with Crippen LogP contribution in [0.5, 0.6) is 0 Å². The minimum atomic E-state index is 0.674. The van der Waals surface area contributed by atoms with Crippen LogP contribution in [0.2, 0.25) is 4.34 Å². The number of anilines is 1. The van der Waals surface area contributed by atoms with Crippen LogP contribution < -0.4 is 5.32 Å². The minimum absolute atomic E-state index is 0.674. The number of aromatic nitrogens is 2. The minimum Gasteiger partial charge on any atom is -0.372 e. The molecule has 0 amide bonds. The van der Waals surface area contributed by atoms with Gasteiger partial charge in [-0.3, -0.25) is 0 Å². The Kier molecular flexibility index (Phi) is 4.07. The molecule has 3 nitrogen and oxygen atoms in total. The van der Waals surface area contributed by atoms with E-state index in [0.29, 0.717) is 10.2 Å². The average molecular weight is 398 g/mol. The second-order valence-corrected chi connectivity index (χ2v) is 6.58.